The topological polar surface area (TPSA) is 167 Å². The Kier molecular flexibility index (Phi) is 14.7. The zero-order chi connectivity index (χ0) is 42.1. The number of oxime groups is 1. The summed E-state index contributed by atoms with van der Waals surface area (Å²) in [6.07, 6.45) is 10.9. The molecule has 2 aromatic rings. The number of allylic oxidation sites excluding steroid dienone is 1. The van der Waals surface area contributed by atoms with Crippen molar-refractivity contribution in [3.63, 3.8) is 0 Å². The number of carbonyl (C=O) groups is 2. The summed E-state index contributed by atoms with van der Waals surface area (Å²) >= 11 is 0. The number of nitrogens with zero attached hydrogens (tertiary/aromatic N) is 2. The molecular weight excluding hydrogens is 771 g/mol. The van der Waals surface area contributed by atoms with Crippen LogP contribution in [0.25, 0.3) is 0 Å². The lowest BCUT2D eigenvalue weighted by atomic mass is 9.55. The van der Waals surface area contributed by atoms with Gasteiger partial charge in [0.1, 0.15) is 17.5 Å². The molecule has 1 unspecified atom stereocenters. The van der Waals surface area contributed by atoms with Gasteiger partial charge < -0.3 is 53.7 Å². The van der Waals surface area contributed by atoms with E-state index in [0.717, 1.165) is 49.7 Å². The number of aliphatic hydroxyl groups is 2. The van der Waals surface area contributed by atoms with E-state index in [-0.39, 0.29) is 56.7 Å². The van der Waals surface area contributed by atoms with Crippen molar-refractivity contribution < 1.29 is 53.1 Å². The highest BCUT2D eigenvalue weighted by Crippen LogP contribution is 2.62. The summed E-state index contributed by atoms with van der Waals surface area (Å²) in [6.45, 7) is 9.65. The molecular formula is C46H61N3O11. The van der Waals surface area contributed by atoms with Crippen molar-refractivity contribution in [1.82, 2.24) is 10.2 Å². The molecule has 3 N–H and O–H groups in total. The number of nitrogens with one attached hydrogen (secondary N) is 1. The molecule has 2 aromatic carbocycles. The predicted molar refractivity (Wildman–Crippen MR) is 223 cm³/mol. The van der Waals surface area contributed by atoms with E-state index in [9.17, 15) is 15.0 Å². The van der Waals surface area contributed by atoms with E-state index in [0.29, 0.717) is 79.7 Å². The van der Waals surface area contributed by atoms with Gasteiger partial charge in [0.05, 0.1) is 24.8 Å². The van der Waals surface area contributed by atoms with Crippen LogP contribution in [0.3, 0.4) is 0 Å². The van der Waals surface area contributed by atoms with E-state index in [2.05, 4.69) is 18.0 Å². The lowest BCUT2D eigenvalue weighted by Crippen LogP contribution is -2.70. The lowest BCUT2D eigenvalue weighted by Gasteiger charge is -2.60. The van der Waals surface area contributed by atoms with Crippen LogP contribution < -0.4 is 24.3 Å². The number of ether oxygens (including phenoxy) is 6. The number of aliphatic hydroxyl groups excluding tert-OH is 2. The third-order valence-electron chi connectivity index (χ3n) is 12.3. The summed E-state index contributed by atoms with van der Waals surface area (Å²) in [4.78, 5) is 35.9. The number of hydrogen-bond donors (Lipinski definition) is 3. The molecule has 3 aliphatic heterocycles. The van der Waals surface area contributed by atoms with Crippen molar-refractivity contribution in [2.24, 2.45) is 22.9 Å². The fraction of sp³-hybridized carbons (Fsp3) is 0.587. The number of carbonyl (C=O) groups excluding carboxylic acids is 2. The van der Waals surface area contributed by atoms with Crippen molar-refractivity contribution in [1.29, 1.82) is 0 Å². The second kappa shape index (κ2) is 20.3. The first kappa shape index (κ1) is 43.5. The average Bonchev–Trinajstić information content (AvgIpc) is 3.74. The summed E-state index contributed by atoms with van der Waals surface area (Å²) in [5.74, 6) is -0.396. The lowest BCUT2D eigenvalue weighted by molar-refractivity contribution is -0.254. The molecule has 0 bridgehead atoms. The number of hydrogen-bond acceptors (Lipinski definition) is 12. The van der Waals surface area contributed by atoms with Gasteiger partial charge in [0.25, 0.3) is 5.91 Å². The molecule has 14 nitrogen and oxygen atoms in total. The fourth-order valence-corrected chi connectivity index (χ4v) is 9.75. The minimum atomic E-state index is -1.44. The molecule has 0 spiro atoms. The third-order valence-corrected chi connectivity index (χ3v) is 12.3. The van der Waals surface area contributed by atoms with Gasteiger partial charge in [-0.2, -0.15) is 0 Å². The smallest absolute Gasteiger partial charge is 0.412 e. The van der Waals surface area contributed by atoms with E-state index in [1.165, 1.54) is 0 Å². The molecule has 2 amide bonds. The summed E-state index contributed by atoms with van der Waals surface area (Å²) in [5, 5.41) is 27.5. The Morgan fingerprint density at radius 1 is 1.02 bits per heavy atom. The van der Waals surface area contributed by atoms with Crippen LogP contribution >= 0.6 is 0 Å². The number of rotatable bonds is 19. The first-order valence-electron chi connectivity index (χ1n) is 21.9. The second-order valence-corrected chi connectivity index (χ2v) is 16.2. The third kappa shape index (κ3) is 9.17. The van der Waals surface area contributed by atoms with Crippen LogP contribution in [0, 0.1) is 17.8 Å². The highest BCUT2D eigenvalue weighted by Gasteiger charge is 2.65. The molecule has 5 aliphatic rings. The molecule has 3 heterocycles. The molecule has 2 aliphatic carbocycles. The number of unbranched alkanes of at least 4 members (excludes halogenated alkanes) is 2. The van der Waals surface area contributed by atoms with Crippen LogP contribution in [0.4, 0.5) is 4.79 Å². The van der Waals surface area contributed by atoms with Crippen LogP contribution in [0.5, 0.6) is 23.0 Å². The Morgan fingerprint density at radius 2 is 1.82 bits per heavy atom. The maximum atomic E-state index is 15.1. The number of fused-ring (bicyclic) bond motifs is 3. The SMILES string of the molecule is C=CCO[C@@]12Oc3ccc(OC(=O)NCC)cc3[C@H]3[C@H](CCCCO)[C@@H](CCCCO)C=C(C(=NOC4CCCCO4)C[C@@H]1N(CCC)C(=O)c1ccc4c(c1)OCO4)[C@H]32. The van der Waals surface area contributed by atoms with Crippen LogP contribution in [0.2, 0.25) is 0 Å². The molecule has 1 saturated heterocycles. The van der Waals surface area contributed by atoms with Gasteiger partial charge in [-0.05, 0) is 106 Å². The first-order valence-corrected chi connectivity index (χ1v) is 21.9. The molecule has 60 heavy (non-hydrogen) atoms. The second-order valence-electron chi connectivity index (χ2n) is 16.2. The Hall–Kier alpha value is -4.63. The zero-order valence-corrected chi connectivity index (χ0v) is 35.0. The monoisotopic (exact) mass is 831 g/mol. The van der Waals surface area contributed by atoms with Gasteiger partial charge in [0.2, 0.25) is 18.9 Å². The van der Waals surface area contributed by atoms with Crippen molar-refractivity contribution >= 4 is 17.7 Å². The van der Waals surface area contributed by atoms with Gasteiger partial charge in [0, 0.05) is 56.2 Å². The average molecular weight is 832 g/mol. The van der Waals surface area contributed by atoms with Gasteiger partial charge in [0.15, 0.2) is 11.5 Å². The molecule has 7 atom stereocenters. The molecule has 0 aromatic heterocycles. The van der Waals surface area contributed by atoms with Crippen molar-refractivity contribution in [3.8, 4) is 23.0 Å². The Balaban J connectivity index is 1.44. The normalized spacial score (nSPS) is 26.9. The summed E-state index contributed by atoms with van der Waals surface area (Å²) < 4.78 is 37.5. The van der Waals surface area contributed by atoms with Gasteiger partial charge in [-0.3, -0.25) is 4.79 Å². The van der Waals surface area contributed by atoms with Crippen molar-refractivity contribution in [3.05, 3.63) is 71.8 Å². The van der Waals surface area contributed by atoms with Crippen LogP contribution in [-0.4, -0.2) is 97.3 Å². The highest BCUT2D eigenvalue weighted by atomic mass is 16.8. The van der Waals surface area contributed by atoms with E-state index >= 15 is 4.79 Å². The van der Waals surface area contributed by atoms with Crippen LogP contribution in [-0.2, 0) is 14.3 Å². The zero-order valence-electron chi connectivity index (χ0n) is 35.0. The molecule has 1 saturated carbocycles. The Morgan fingerprint density at radius 3 is 2.57 bits per heavy atom. The maximum Gasteiger partial charge on any atom is 0.412 e. The summed E-state index contributed by atoms with van der Waals surface area (Å²) in [6, 6.07) is 9.98. The van der Waals surface area contributed by atoms with Gasteiger partial charge in [-0.25, -0.2) is 4.79 Å². The van der Waals surface area contributed by atoms with E-state index in [1.54, 1.807) is 30.3 Å². The molecule has 2 fully saturated rings. The van der Waals surface area contributed by atoms with Crippen LogP contribution in [0.15, 0.2) is 65.9 Å². The molecule has 7 rings (SSSR count). The standard InChI is InChI=1S/C46H61N3O11/c1-4-20-49(44(52)31-16-18-38-39(26-31)56-29-55-38)40-28-36(48-60-41-15-9-12-24-54-41)34-25-30(13-7-10-21-50)33(14-8-11-22-51)42-35-27-32(58-45(53)47-6-3)17-19-37(35)59-46(40,43(34)42)57-23-5-2/h5,16-19,25-27,30,33,40-43,50-51H,2,4,6-15,20-24,28-29H2,1,3H3,(H,47,53)/t30-,33+,40-,41?,42+,43+,46+/m0/s1. The Labute approximate surface area is 352 Å². The molecule has 0 radical (unpaired) electrons. The number of benzene rings is 2. The fourth-order valence-electron chi connectivity index (χ4n) is 9.75. The van der Waals surface area contributed by atoms with Gasteiger partial charge in [-0.1, -0.05) is 37.1 Å². The predicted octanol–water partition coefficient (Wildman–Crippen LogP) is 7.24. The van der Waals surface area contributed by atoms with Crippen molar-refractivity contribution in [2.45, 2.75) is 109 Å². The van der Waals surface area contributed by atoms with Gasteiger partial charge in [-0.15, -0.1) is 6.58 Å². The van der Waals surface area contributed by atoms with Crippen molar-refractivity contribution in [2.75, 3.05) is 46.3 Å². The van der Waals surface area contributed by atoms with E-state index in [1.807, 2.05) is 30.9 Å². The molecule has 326 valence electrons. The first-order chi connectivity index (χ1) is 29.3. The summed E-state index contributed by atoms with van der Waals surface area (Å²) in [5.41, 5.74) is 2.89. The maximum absolute atomic E-state index is 15.1. The largest absolute Gasteiger partial charge is 0.459 e. The Bertz CT molecular complexity index is 1880. The highest BCUT2D eigenvalue weighted by molar-refractivity contribution is 6.03. The van der Waals surface area contributed by atoms with Gasteiger partial charge >= 0.3 is 6.09 Å². The van der Waals surface area contributed by atoms with E-state index < -0.39 is 30.1 Å². The molecule has 14 heteroatoms. The minimum Gasteiger partial charge on any atom is -0.459 e. The van der Waals surface area contributed by atoms with E-state index in [4.69, 9.17) is 38.4 Å². The minimum absolute atomic E-state index is 0.00449. The van der Waals surface area contributed by atoms with Crippen LogP contribution in [0.1, 0.15) is 106 Å². The number of amides is 2. The summed E-state index contributed by atoms with van der Waals surface area (Å²) in [7, 11) is 0. The quantitative estimate of drug-likeness (QED) is 0.0742.